The highest BCUT2D eigenvalue weighted by Gasteiger charge is 2.22. The van der Waals surface area contributed by atoms with Crippen molar-refractivity contribution in [3.63, 3.8) is 0 Å². The standard InChI is InChI=1S/C10H13NO/c1-7-3-2-4-8-5-9(6-11)12-10(7)8/h2-4,9H,5-6,11H2,1H3. The molecule has 2 N–H and O–H groups in total. The highest BCUT2D eigenvalue weighted by molar-refractivity contribution is 5.43. The Labute approximate surface area is 72.3 Å². The van der Waals surface area contributed by atoms with Gasteiger partial charge < -0.3 is 10.5 Å². The van der Waals surface area contributed by atoms with Gasteiger partial charge in [-0.25, -0.2) is 0 Å². The lowest BCUT2D eigenvalue weighted by molar-refractivity contribution is 0.240. The Kier molecular flexibility index (Phi) is 1.77. The Morgan fingerprint density at radius 3 is 3.08 bits per heavy atom. The second-order valence-electron chi connectivity index (χ2n) is 3.24. The van der Waals surface area contributed by atoms with Crippen molar-refractivity contribution in [3.05, 3.63) is 29.3 Å². The summed E-state index contributed by atoms with van der Waals surface area (Å²) in [6, 6.07) is 6.24. The summed E-state index contributed by atoms with van der Waals surface area (Å²) in [7, 11) is 0. The first-order valence-electron chi connectivity index (χ1n) is 4.26. The minimum absolute atomic E-state index is 0.195. The van der Waals surface area contributed by atoms with Gasteiger partial charge in [-0.3, -0.25) is 0 Å². The van der Waals surface area contributed by atoms with E-state index in [9.17, 15) is 0 Å². The zero-order valence-corrected chi connectivity index (χ0v) is 7.21. The summed E-state index contributed by atoms with van der Waals surface area (Å²) in [5.74, 6) is 1.05. The van der Waals surface area contributed by atoms with Gasteiger partial charge in [0.25, 0.3) is 0 Å². The predicted octanol–water partition coefficient (Wildman–Crippen LogP) is 1.26. The number of benzene rings is 1. The van der Waals surface area contributed by atoms with Gasteiger partial charge in [0.15, 0.2) is 0 Å². The van der Waals surface area contributed by atoms with E-state index >= 15 is 0 Å². The average molecular weight is 163 g/mol. The molecule has 1 aliphatic rings. The van der Waals surface area contributed by atoms with Gasteiger partial charge in [-0.1, -0.05) is 18.2 Å². The highest BCUT2D eigenvalue weighted by Crippen LogP contribution is 2.31. The smallest absolute Gasteiger partial charge is 0.126 e. The molecular formula is C10H13NO. The van der Waals surface area contributed by atoms with Gasteiger partial charge in [0.2, 0.25) is 0 Å². The Morgan fingerprint density at radius 1 is 1.58 bits per heavy atom. The molecule has 0 spiro atoms. The summed E-state index contributed by atoms with van der Waals surface area (Å²) >= 11 is 0. The van der Waals surface area contributed by atoms with Gasteiger partial charge in [0.05, 0.1) is 0 Å². The molecule has 0 aromatic heterocycles. The first-order chi connectivity index (χ1) is 5.81. The van der Waals surface area contributed by atoms with Gasteiger partial charge in [-0.05, 0) is 18.1 Å². The molecule has 0 fully saturated rings. The minimum Gasteiger partial charge on any atom is -0.488 e. The molecule has 1 aromatic carbocycles. The third kappa shape index (κ3) is 1.08. The molecule has 64 valence electrons. The van der Waals surface area contributed by atoms with Crippen molar-refractivity contribution in [2.24, 2.45) is 5.73 Å². The van der Waals surface area contributed by atoms with Crippen molar-refractivity contribution in [1.82, 2.24) is 0 Å². The lowest BCUT2D eigenvalue weighted by Gasteiger charge is -2.07. The number of aryl methyl sites for hydroxylation is 1. The zero-order valence-electron chi connectivity index (χ0n) is 7.21. The van der Waals surface area contributed by atoms with Crippen LogP contribution in [0, 0.1) is 6.92 Å². The molecule has 0 saturated heterocycles. The van der Waals surface area contributed by atoms with Crippen LogP contribution in [0.4, 0.5) is 0 Å². The molecule has 1 aromatic rings. The van der Waals surface area contributed by atoms with Gasteiger partial charge >= 0.3 is 0 Å². The molecule has 1 heterocycles. The zero-order chi connectivity index (χ0) is 8.55. The van der Waals surface area contributed by atoms with Crippen LogP contribution in [-0.4, -0.2) is 12.6 Å². The van der Waals surface area contributed by atoms with Gasteiger partial charge in [-0.2, -0.15) is 0 Å². The number of para-hydroxylation sites is 1. The van der Waals surface area contributed by atoms with Crippen LogP contribution in [0.2, 0.25) is 0 Å². The average Bonchev–Trinajstić information content (AvgIpc) is 2.49. The normalized spacial score (nSPS) is 20.3. The monoisotopic (exact) mass is 163 g/mol. The maximum absolute atomic E-state index is 5.66. The van der Waals surface area contributed by atoms with E-state index in [1.54, 1.807) is 0 Å². The molecule has 12 heavy (non-hydrogen) atoms. The number of nitrogens with two attached hydrogens (primary N) is 1. The number of rotatable bonds is 1. The Hall–Kier alpha value is -1.02. The largest absolute Gasteiger partial charge is 0.488 e. The summed E-state index contributed by atoms with van der Waals surface area (Å²) in [5, 5.41) is 0. The third-order valence-corrected chi connectivity index (χ3v) is 2.29. The lowest BCUT2D eigenvalue weighted by atomic mass is 10.1. The molecule has 0 saturated carbocycles. The van der Waals surface area contributed by atoms with Crippen molar-refractivity contribution < 1.29 is 4.74 Å². The molecule has 0 amide bonds. The van der Waals surface area contributed by atoms with Gasteiger partial charge in [0, 0.05) is 13.0 Å². The SMILES string of the molecule is Cc1cccc2c1OC(CN)C2. The minimum atomic E-state index is 0.195. The predicted molar refractivity (Wildman–Crippen MR) is 48.4 cm³/mol. The van der Waals surface area contributed by atoms with Crippen molar-refractivity contribution in [1.29, 1.82) is 0 Å². The van der Waals surface area contributed by atoms with Crippen LogP contribution in [0.25, 0.3) is 0 Å². The first kappa shape index (κ1) is 7.62. The number of hydrogen-bond donors (Lipinski definition) is 1. The number of hydrogen-bond acceptors (Lipinski definition) is 2. The van der Waals surface area contributed by atoms with Gasteiger partial charge in [0.1, 0.15) is 11.9 Å². The van der Waals surface area contributed by atoms with Crippen LogP contribution in [-0.2, 0) is 6.42 Å². The van der Waals surface area contributed by atoms with E-state index in [1.165, 1.54) is 11.1 Å². The van der Waals surface area contributed by atoms with Gasteiger partial charge in [-0.15, -0.1) is 0 Å². The van der Waals surface area contributed by atoms with E-state index in [2.05, 4.69) is 25.1 Å². The fourth-order valence-corrected chi connectivity index (χ4v) is 1.63. The second kappa shape index (κ2) is 2.79. The van der Waals surface area contributed by atoms with E-state index in [1.807, 2.05) is 0 Å². The lowest BCUT2D eigenvalue weighted by Crippen LogP contribution is -2.24. The Morgan fingerprint density at radius 2 is 2.42 bits per heavy atom. The molecule has 2 rings (SSSR count). The maximum Gasteiger partial charge on any atom is 0.126 e. The highest BCUT2D eigenvalue weighted by atomic mass is 16.5. The van der Waals surface area contributed by atoms with E-state index in [0.717, 1.165) is 12.2 Å². The molecule has 0 aliphatic carbocycles. The molecule has 0 radical (unpaired) electrons. The van der Waals surface area contributed by atoms with Crippen LogP contribution in [0.3, 0.4) is 0 Å². The second-order valence-corrected chi connectivity index (χ2v) is 3.24. The van der Waals surface area contributed by atoms with Crippen molar-refractivity contribution in [2.45, 2.75) is 19.4 Å². The van der Waals surface area contributed by atoms with Crippen LogP contribution in [0.5, 0.6) is 5.75 Å². The van der Waals surface area contributed by atoms with Crippen molar-refractivity contribution in [2.75, 3.05) is 6.54 Å². The van der Waals surface area contributed by atoms with E-state index in [0.29, 0.717) is 6.54 Å². The third-order valence-electron chi connectivity index (χ3n) is 2.29. The van der Waals surface area contributed by atoms with Crippen LogP contribution in [0.15, 0.2) is 18.2 Å². The summed E-state index contributed by atoms with van der Waals surface area (Å²) in [6.45, 7) is 2.67. The molecular weight excluding hydrogens is 150 g/mol. The quantitative estimate of drug-likeness (QED) is 0.676. The summed E-state index contributed by atoms with van der Waals surface area (Å²) < 4.78 is 5.66. The molecule has 0 bridgehead atoms. The molecule has 2 nitrogen and oxygen atoms in total. The summed E-state index contributed by atoms with van der Waals surface area (Å²) in [5.41, 5.74) is 8.05. The molecule has 1 atom stereocenters. The summed E-state index contributed by atoms with van der Waals surface area (Å²) in [4.78, 5) is 0. The van der Waals surface area contributed by atoms with Crippen LogP contribution >= 0.6 is 0 Å². The molecule has 1 aliphatic heterocycles. The fourth-order valence-electron chi connectivity index (χ4n) is 1.63. The molecule has 1 unspecified atom stereocenters. The Balaban J connectivity index is 2.35. The number of fused-ring (bicyclic) bond motifs is 1. The number of ether oxygens (including phenoxy) is 1. The van der Waals surface area contributed by atoms with Crippen molar-refractivity contribution >= 4 is 0 Å². The summed E-state index contributed by atoms with van der Waals surface area (Å²) in [6.07, 6.45) is 1.16. The Bertz CT molecular complexity index is 296. The topological polar surface area (TPSA) is 35.2 Å². The fraction of sp³-hybridized carbons (Fsp3) is 0.400. The van der Waals surface area contributed by atoms with E-state index in [4.69, 9.17) is 10.5 Å². The van der Waals surface area contributed by atoms with E-state index < -0.39 is 0 Å². The molecule has 2 heteroatoms. The maximum atomic E-state index is 5.66. The first-order valence-corrected chi connectivity index (χ1v) is 4.26. The van der Waals surface area contributed by atoms with Crippen molar-refractivity contribution in [3.8, 4) is 5.75 Å². The van der Waals surface area contributed by atoms with E-state index in [-0.39, 0.29) is 6.10 Å². The van der Waals surface area contributed by atoms with Crippen LogP contribution < -0.4 is 10.5 Å². The van der Waals surface area contributed by atoms with Crippen LogP contribution in [0.1, 0.15) is 11.1 Å².